The first kappa shape index (κ1) is 37.2. The van der Waals surface area contributed by atoms with Gasteiger partial charge in [0.25, 0.3) is 5.92 Å². The number of hydrogen-bond donors (Lipinski definition) is 1. The Morgan fingerprint density at radius 1 is 1.04 bits per heavy atom. The van der Waals surface area contributed by atoms with Crippen molar-refractivity contribution in [3.05, 3.63) is 47.4 Å². The van der Waals surface area contributed by atoms with Crippen LogP contribution >= 0.6 is 0 Å². The fourth-order valence-electron chi connectivity index (χ4n) is 9.97. The van der Waals surface area contributed by atoms with Gasteiger partial charge in [0.2, 0.25) is 0 Å². The van der Waals surface area contributed by atoms with Crippen molar-refractivity contribution in [3.63, 3.8) is 0 Å². The number of nitrogen functional groups attached to an aromatic ring is 1. The molecule has 8 nitrogen and oxygen atoms in total. The molecule has 4 aromatic rings. The minimum absolute atomic E-state index is 0.0168. The molecule has 4 atom stereocenters. The molecule has 57 heavy (non-hydrogen) atoms. The fourth-order valence-corrected chi connectivity index (χ4v) is 15.2. The molecule has 1 aliphatic carbocycles. The summed E-state index contributed by atoms with van der Waals surface area (Å²) in [6.45, 7) is 10.4. The van der Waals surface area contributed by atoms with Gasteiger partial charge < -0.3 is 20.1 Å². The zero-order valence-electron chi connectivity index (χ0n) is 34.8. The van der Waals surface area contributed by atoms with E-state index in [-0.39, 0.29) is 93.6 Å². The van der Waals surface area contributed by atoms with Crippen LogP contribution in [0.2, 0.25) is 16.6 Å². The summed E-state index contributed by atoms with van der Waals surface area (Å²) in [4.78, 5) is 16.2. The molecule has 2 N–H and O–H groups in total. The van der Waals surface area contributed by atoms with Crippen molar-refractivity contribution in [3.8, 4) is 28.7 Å². The Balaban J connectivity index is 1.35. The Labute approximate surface area is 332 Å². The number of nitrogens with two attached hydrogens (primary N) is 1. The first-order valence-electron chi connectivity index (χ1n) is 20.7. The second kappa shape index (κ2) is 14.3. The second-order valence-corrected chi connectivity index (χ2v) is 22.5. The summed E-state index contributed by atoms with van der Waals surface area (Å²) < 4.78 is 124. The van der Waals surface area contributed by atoms with Crippen molar-refractivity contribution in [1.29, 1.82) is 0 Å². The molecule has 0 radical (unpaired) electrons. The van der Waals surface area contributed by atoms with Crippen molar-refractivity contribution >= 4 is 41.3 Å². The van der Waals surface area contributed by atoms with Gasteiger partial charge in [-0.3, -0.25) is 9.88 Å². The van der Waals surface area contributed by atoms with E-state index in [2.05, 4.69) is 68.0 Å². The van der Waals surface area contributed by atoms with E-state index in [1.807, 2.05) is 0 Å². The van der Waals surface area contributed by atoms with Crippen LogP contribution in [0.5, 0.6) is 6.01 Å². The van der Waals surface area contributed by atoms with Gasteiger partial charge in [0.1, 0.15) is 50.0 Å². The van der Waals surface area contributed by atoms with Gasteiger partial charge in [-0.1, -0.05) is 47.5 Å². The number of benzene rings is 2. The Morgan fingerprint density at radius 3 is 2.49 bits per heavy atom. The fraction of sp³-hybridized carbons (Fsp3) is 0.548. The van der Waals surface area contributed by atoms with Gasteiger partial charge in [-0.15, -0.1) is 5.54 Å². The van der Waals surface area contributed by atoms with E-state index in [1.54, 1.807) is 4.90 Å². The third kappa shape index (κ3) is 6.41. The minimum Gasteiger partial charge on any atom is -0.461 e. The first-order valence-corrected chi connectivity index (χ1v) is 21.9. The minimum atomic E-state index is -3.26. The molecule has 1 saturated carbocycles. The molecule has 4 aliphatic rings. The number of ether oxygens (including phenoxy) is 2. The first-order chi connectivity index (χ1) is 27.7. The lowest BCUT2D eigenvalue weighted by Crippen LogP contribution is -2.43. The SMILES string of the molecule is [2H]C([2H])(Oc1nc(N2CCCO[C@@H]3[C@H]2C3(F)F)c2cnc(-c3cc(N)cc4cc(F)c(F)c(C#C[Si](C(C)C)(C(C)C)C(C)C)c34)c(F)c2n1)[C@@]12CCCN1C[C@H](F)C2. The highest BCUT2D eigenvalue weighted by atomic mass is 28.3. The quantitative estimate of drug-likeness (QED) is 0.0817. The van der Waals surface area contributed by atoms with Crippen molar-refractivity contribution < 1.29 is 38.6 Å². The van der Waals surface area contributed by atoms with Crippen LogP contribution in [0, 0.1) is 28.9 Å². The average molecular weight is 813 g/mol. The Morgan fingerprint density at radius 2 is 1.77 bits per heavy atom. The summed E-state index contributed by atoms with van der Waals surface area (Å²) in [6.07, 6.45) is -0.503. The maximum atomic E-state index is 17.5. The molecule has 0 unspecified atom stereocenters. The van der Waals surface area contributed by atoms with Crippen LogP contribution in [-0.2, 0) is 4.74 Å². The van der Waals surface area contributed by atoms with Gasteiger partial charge in [-0.25, -0.2) is 26.3 Å². The lowest BCUT2D eigenvalue weighted by molar-refractivity contribution is 0.0111. The van der Waals surface area contributed by atoms with E-state index in [4.69, 9.17) is 17.9 Å². The zero-order valence-corrected chi connectivity index (χ0v) is 33.8. The van der Waals surface area contributed by atoms with Crippen LogP contribution in [0.15, 0.2) is 24.4 Å². The number of halogens is 6. The molecular weight excluding hydrogens is 763 g/mol. The second-order valence-electron chi connectivity index (χ2n) is 16.9. The maximum Gasteiger partial charge on any atom is 0.319 e. The number of anilines is 2. The predicted molar refractivity (Wildman–Crippen MR) is 211 cm³/mol. The largest absolute Gasteiger partial charge is 0.461 e. The van der Waals surface area contributed by atoms with Crippen molar-refractivity contribution in [2.45, 2.75) is 114 Å². The summed E-state index contributed by atoms with van der Waals surface area (Å²) in [7, 11) is -2.50. The summed E-state index contributed by atoms with van der Waals surface area (Å²) in [5.41, 5.74) is 7.81. The monoisotopic (exact) mass is 812 g/mol. The molecule has 2 aromatic heterocycles. The molecule has 3 aliphatic heterocycles. The van der Waals surface area contributed by atoms with Crippen LogP contribution in [0.1, 0.15) is 75.5 Å². The number of hydrogen-bond acceptors (Lipinski definition) is 8. The summed E-state index contributed by atoms with van der Waals surface area (Å²) in [5.74, 6) is -3.90. The van der Waals surface area contributed by atoms with E-state index in [9.17, 15) is 4.39 Å². The highest BCUT2D eigenvalue weighted by Gasteiger charge is 2.73. The molecule has 4 fully saturated rings. The molecule has 5 heterocycles. The molecule has 0 amide bonds. The Bertz CT molecular complexity index is 2390. The third-order valence-corrected chi connectivity index (χ3v) is 18.9. The van der Waals surface area contributed by atoms with Gasteiger partial charge in [0, 0.05) is 49.0 Å². The van der Waals surface area contributed by atoms with Crippen LogP contribution in [0.3, 0.4) is 0 Å². The number of nitrogens with zero attached hydrogens (tertiary/aromatic N) is 5. The van der Waals surface area contributed by atoms with E-state index in [0.29, 0.717) is 19.4 Å². The number of rotatable bonds is 8. The molecule has 15 heteroatoms. The van der Waals surface area contributed by atoms with Gasteiger partial charge >= 0.3 is 6.01 Å². The highest BCUT2D eigenvalue weighted by Crippen LogP contribution is 2.52. The number of alkyl halides is 3. The van der Waals surface area contributed by atoms with E-state index in [1.165, 1.54) is 23.2 Å². The van der Waals surface area contributed by atoms with Crippen molar-refractivity contribution in [1.82, 2.24) is 19.9 Å². The van der Waals surface area contributed by atoms with Crippen molar-refractivity contribution in [2.75, 3.05) is 43.4 Å². The number of aromatic nitrogens is 3. The van der Waals surface area contributed by atoms with Gasteiger partial charge in [-0.2, -0.15) is 9.97 Å². The standard InChI is InChI=1S/C42H48F6N6O2Si/c1-22(2)57(23(3)4,24(5)6)14-9-28-32-25(16-31(44)33(28)45)15-27(49)17-29(32)35-34(46)36-30(19-50-35)39(54-12-8-13-55-38-37(54)42(38,47)48)52-40(51-36)56-21-41-10-7-11-53(41)20-26(43)18-41/h15-17,19,22-24,26,37-38H,7-8,10-13,18,20-21,49H2,1-6H3/t26-,37+,38-,41+/m1/s1/i21D2. The van der Waals surface area contributed by atoms with E-state index in [0.717, 1.165) is 6.07 Å². The van der Waals surface area contributed by atoms with Crippen molar-refractivity contribution in [2.24, 2.45) is 0 Å². The zero-order chi connectivity index (χ0) is 42.6. The van der Waals surface area contributed by atoms with E-state index < -0.39 is 73.4 Å². The van der Waals surface area contributed by atoms with E-state index >= 15 is 22.0 Å². The normalized spacial score (nSPS) is 25.4. The lowest BCUT2D eigenvalue weighted by Gasteiger charge is -2.38. The van der Waals surface area contributed by atoms with Crippen LogP contribution in [-0.4, -0.2) is 90.5 Å². The summed E-state index contributed by atoms with van der Waals surface area (Å²) >= 11 is 0. The predicted octanol–water partition coefficient (Wildman–Crippen LogP) is 8.98. The molecule has 0 bridgehead atoms. The molecule has 304 valence electrons. The van der Waals surface area contributed by atoms with Crippen LogP contribution in [0.4, 0.5) is 37.8 Å². The number of fused-ring (bicyclic) bond motifs is 4. The Kier molecular flexibility index (Phi) is 9.32. The molecular formula is C42H48F6N6O2Si. The maximum absolute atomic E-state index is 17.5. The molecule has 2 aromatic carbocycles. The van der Waals surface area contributed by atoms with Crippen LogP contribution in [0.25, 0.3) is 32.9 Å². The van der Waals surface area contributed by atoms with Gasteiger partial charge in [-0.05, 0) is 66.0 Å². The van der Waals surface area contributed by atoms with Crippen LogP contribution < -0.4 is 15.4 Å². The lowest BCUT2D eigenvalue weighted by atomic mass is 9.95. The number of pyridine rings is 1. The Hall–Kier alpha value is -4.13. The summed E-state index contributed by atoms with van der Waals surface area (Å²) in [6, 6.07) is 1.66. The topological polar surface area (TPSA) is 89.6 Å². The highest BCUT2D eigenvalue weighted by molar-refractivity contribution is 6.90. The molecule has 3 saturated heterocycles. The molecule has 8 rings (SSSR count). The third-order valence-electron chi connectivity index (χ3n) is 12.7. The van der Waals surface area contributed by atoms with Gasteiger partial charge in [0.15, 0.2) is 17.5 Å². The smallest absolute Gasteiger partial charge is 0.319 e. The average Bonchev–Trinajstić information content (AvgIpc) is 3.32. The molecule has 0 spiro atoms. The summed E-state index contributed by atoms with van der Waals surface area (Å²) in [5, 5.41) is 0.121. The van der Waals surface area contributed by atoms with Gasteiger partial charge in [0.05, 0.1) is 19.2 Å².